The van der Waals surface area contributed by atoms with Crippen molar-refractivity contribution >= 4 is 21.4 Å². The fraction of sp³-hybridized carbons (Fsp3) is 0.333. The van der Waals surface area contributed by atoms with E-state index in [2.05, 4.69) is 5.32 Å². The van der Waals surface area contributed by atoms with Gasteiger partial charge in [0.1, 0.15) is 10.6 Å². The van der Waals surface area contributed by atoms with Crippen molar-refractivity contribution < 1.29 is 18.0 Å². The molecule has 1 aliphatic carbocycles. The lowest BCUT2D eigenvalue weighted by Crippen LogP contribution is -2.36. The molecule has 0 aliphatic heterocycles. The van der Waals surface area contributed by atoms with Crippen LogP contribution in [0.3, 0.4) is 0 Å². The van der Waals surface area contributed by atoms with E-state index in [0.29, 0.717) is 6.42 Å². The van der Waals surface area contributed by atoms with Gasteiger partial charge in [-0.25, -0.2) is 8.42 Å². The van der Waals surface area contributed by atoms with Gasteiger partial charge in [-0.05, 0) is 13.3 Å². The van der Waals surface area contributed by atoms with E-state index in [4.69, 9.17) is 0 Å². The molecule has 0 heterocycles. The lowest BCUT2D eigenvalue weighted by Gasteiger charge is -2.23. The summed E-state index contributed by atoms with van der Waals surface area (Å²) >= 11 is 0. The van der Waals surface area contributed by atoms with E-state index >= 15 is 0 Å². The zero-order chi connectivity index (χ0) is 15.8. The second kappa shape index (κ2) is 5.44. The molecule has 0 fully saturated rings. The van der Waals surface area contributed by atoms with Crippen LogP contribution in [0.5, 0.6) is 0 Å². The highest BCUT2D eigenvalue weighted by molar-refractivity contribution is 7.95. The van der Waals surface area contributed by atoms with E-state index in [1.165, 1.54) is 12.1 Å². The van der Waals surface area contributed by atoms with Crippen molar-refractivity contribution in [1.82, 2.24) is 5.32 Å². The first-order valence-corrected chi connectivity index (χ1v) is 8.55. The molecule has 21 heavy (non-hydrogen) atoms. The first-order chi connectivity index (χ1) is 9.77. The first-order valence-electron chi connectivity index (χ1n) is 6.66. The van der Waals surface area contributed by atoms with Gasteiger partial charge in [0.05, 0.1) is 0 Å². The molecular weight excluding hydrogens is 290 g/mol. The summed E-state index contributed by atoms with van der Waals surface area (Å²) in [5.74, 6) is -1.08. The molecule has 0 saturated heterocycles. The van der Waals surface area contributed by atoms with Crippen LogP contribution in [0.1, 0.15) is 41.0 Å². The summed E-state index contributed by atoms with van der Waals surface area (Å²) in [7, 11) is -3.81. The number of Topliss-reactive ketones (excluding diaryl/α,β-unsaturated/α-hetero) is 2. The SMILES string of the molecule is CCC(C)NC1=C(S(C)(=O)=O)C(=O)c2ccccc2C1=O. The minimum atomic E-state index is -3.81. The summed E-state index contributed by atoms with van der Waals surface area (Å²) in [6.07, 6.45) is 1.64. The largest absolute Gasteiger partial charge is 0.378 e. The number of carbonyl (C=O) groups excluding carboxylic acids is 2. The molecule has 1 N–H and O–H groups in total. The first kappa shape index (κ1) is 15.4. The second-order valence-corrected chi connectivity index (χ2v) is 7.09. The van der Waals surface area contributed by atoms with Gasteiger partial charge in [0, 0.05) is 23.4 Å². The van der Waals surface area contributed by atoms with Crippen molar-refractivity contribution in [2.45, 2.75) is 26.3 Å². The molecule has 5 nitrogen and oxygen atoms in total. The number of nitrogens with one attached hydrogen (secondary N) is 1. The van der Waals surface area contributed by atoms with Crippen molar-refractivity contribution in [2.24, 2.45) is 0 Å². The summed E-state index contributed by atoms with van der Waals surface area (Å²) < 4.78 is 23.9. The van der Waals surface area contributed by atoms with E-state index in [1.54, 1.807) is 12.1 Å². The average Bonchev–Trinajstić information content (AvgIpc) is 2.43. The Morgan fingerprint density at radius 3 is 2.10 bits per heavy atom. The van der Waals surface area contributed by atoms with Crippen LogP contribution in [0.15, 0.2) is 34.9 Å². The Labute approximate surface area is 124 Å². The predicted molar refractivity (Wildman–Crippen MR) is 79.9 cm³/mol. The summed E-state index contributed by atoms with van der Waals surface area (Å²) in [6.45, 7) is 3.73. The number of benzene rings is 1. The molecule has 6 heteroatoms. The van der Waals surface area contributed by atoms with Crippen LogP contribution < -0.4 is 5.32 Å². The third-order valence-corrected chi connectivity index (χ3v) is 4.58. The monoisotopic (exact) mass is 307 g/mol. The van der Waals surface area contributed by atoms with Crippen molar-refractivity contribution in [3.63, 3.8) is 0 Å². The fourth-order valence-electron chi connectivity index (χ4n) is 2.19. The van der Waals surface area contributed by atoms with Crippen molar-refractivity contribution in [2.75, 3.05) is 6.26 Å². The van der Waals surface area contributed by atoms with Gasteiger partial charge < -0.3 is 5.32 Å². The van der Waals surface area contributed by atoms with E-state index in [9.17, 15) is 18.0 Å². The third-order valence-electron chi connectivity index (χ3n) is 3.45. The Bertz CT molecular complexity index is 747. The molecule has 0 radical (unpaired) electrons. The molecule has 0 spiro atoms. The quantitative estimate of drug-likeness (QED) is 0.916. The van der Waals surface area contributed by atoms with Crippen LogP contribution in [0.2, 0.25) is 0 Å². The number of sulfone groups is 1. The Hall–Kier alpha value is -1.95. The van der Waals surface area contributed by atoms with Gasteiger partial charge >= 0.3 is 0 Å². The minimum Gasteiger partial charge on any atom is -0.378 e. The molecule has 0 bridgehead atoms. The highest BCUT2D eigenvalue weighted by atomic mass is 32.2. The number of rotatable bonds is 4. The number of hydrogen-bond donors (Lipinski definition) is 1. The minimum absolute atomic E-state index is 0.112. The van der Waals surface area contributed by atoms with E-state index in [0.717, 1.165) is 6.26 Å². The van der Waals surface area contributed by atoms with Crippen LogP contribution in [0, 0.1) is 0 Å². The van der Waals surface area contributed by atoms with Gasteiger partial charge in [0.2, 0.25) is 11.6 Å². The average molecular weight is 307 g/mol. The van der Waals surface area contributed by atoms with E-state index in [-0.39, 0.29) is 22.9 Å². The van der Waals surface area contributed by atoms with Gasteiger partial charge in [0.25, 0.3) is 0 Å². The number of hydrogen-bond acceptors (Lipinski definition) is 5. The Balaban J connectivity index is 2.70. The normalized spacial score (nSPS) is 16.7. The Kier molecular flexibility index (Phi) is 4.00. The fourth-order valence-corrected chi connectivity index (χ4v) is 3.16. The van der Waals surface area contributed by atoms with Crippen molar-refractivity contribution in [1.29, 1.82) is 0 Å². The molecule has 0 saturated carbocycles. The van der Waals surface area contributed by atoms with Crippen LogP contribution in [-0.2, 0) is 9.84 Å². The molecule has 1 unspecified atom stereocenters. The van der Waals surface area contributed by atoms with E-state index < -0.39 is 26.3 Å². The summed E-state index contributed by atoms with van der Waals surface area (Å²) in [4.78, 5) is 24.6. The van der Waals surface area contributed by atoms with Crippen molar-refractivity contribution in [3.05, 3.63) is 46.0 Å². The van der Waals surface area contributed by atoms with Crippen LogP contribution in [-0.4, -0.2) is 32.3 Å². The molecule has 1 aromatic rings. The zero-order valence-electron chi connectivity index (χ0n) is 12.1. The second-order valence-electron chi connectivity index (χ2n) is 5.13. The molecule has 1 aromatic carbocycles. The maximum Gasteiger partial charge on any atom is 0.211 e. The van der Waals surface area contributed by atoms with Gasteiger partial charge in [-0.3, -0.25) is 9.59 Å². The molecule has 1 atom stereocenters. The molecule has 0 amide bonds. The summed E-state index contributed by atoms with van der Waals surface area (Å²) in [5.41, 5.74) is 0.258. The number of carbonyl (C=O) groups is 2. The maximum absolute atomic E-state index is 12.5. The topological polar surface area (TPSA) is 80.3 Å². The maximum atomic E-state index is 12.5. The number of ketones is 2. The van der Waals surface area contributed by atoms with E-state index in [1.807, 2.05) is 13.8 Å². The highest BCUT2D eigenvalue weighted by Crippen LogP contribution is 2.28. The molecule has 2 rings (SSSR count). The predicted octanol–water partition coefficient (Wildman–Crippen LogP) is 1.71. The molecule has 0 aromatic heterocycles. The lowest BCUT2D eigenvalue weighted by atomic mass is 9.92. The van der Waals surface area contributed by atoms with Crippen molar-refractivity contribution in [3.8, 4) is 0 Å². The molecular formula is C15H17NO4S. The van der Waals surface area contributed by atoms with Gasteiger partial charge in [-0.2, -0.15) is 0 Å². The van der Waals surface area contributed by atoms with Gasteiger partial charge in [0.15, 0.2) is 9.84 Å². The highest BCUT2D eigenvalue weighted by Gasteiger charge is 2.37. The number of fused-ring (bicyclic) bond motifs is 1. The Morgan fingerprint density at radius 1 is 1.10 bits per heavy atom. The van der Waals surface area contributed by atoms with Crippen LogP contribution >= 0.6 is 0 Å². The van der Waals surface area contributed by atoms with Crippen LogP contribution in [0.25, 0.3) is 0 Å². The lowest BCUT2D eigenvalue weighted by molar-refractivity contribution is 0.0973. The third kappa shape index (κ3) is 2.76. The summed E-state index contributed by atoms with van der Waals surface area (Å²) in [5, 5.41) is 2.88. The van der Waals surface area contributed by atoms with Gasteiger partial charge in [-0.15, -0.1) is 0 Å². The standard InChI is InChI=1S/C15H17NO4S/c1-4-9(2)16-12-13(17)10-7-5-6-8-11(10)14(18)15(12)21(3,19)20/h5-9,16H,4H2,1-3H3. The molecule has 112 valence electrons. The molecule has 1 aliphatic rings. The zero-order valence-corrected chi connectivity index (χ0v) is 13.0. The Morgan fingerprint density at radius 2 is 1.62 bits per heavy atom. The smallest absolute Gasteiger partial charge is 0.211 e. The summed E-state index contributed by atoms with van der Waals surface area (Å²) in [6, 6.07) is 6.15. The van der Waals surface area contributed by atoms with Gasteiger partial charge in [-0.1, -0.05) is 31.2 Å². The van der Waals surface area contributed by atoms with Crippen LogP contribution in [0.4, 0.5) is 0 Å². The number of allylic oxidation sites excluding steroid dienone is 2.